The van der Waals surface area contributed by atoms with Gasteiger partial charge in [-0.15, -0.1) is 0 Å². The fourth-order valence-electron chi connectivity index (χ4n) is 0.695. The van der Waals surface area contributed by atoms with Crippen molar-refractivity contribution in [3.05, 3.63) is 35.6 Å². The molecule has 0 bridgehead atoms. The van der Waals surface area contributed by atoms with Gasteiger partial charge in [0.25, 0.3) is 5.84 Å². The first kappa shape index (κ1) is 6.74. The van der Waals surface area contributed by atoms with Crippen molar-refractivity contribution in [2.75, 3.05) is 0 Å². The lowest BCUT2D eigenvalue weighted by atomic mass is 10.2. The average Bonchev–Trinajstić information content (AvgIpc) is 1.88. The predicted molar refractivity (Wildman–Crippen MR) is 36.6 cm³/mol. The summed E-state index contributed by atoms with van der Waals surface area (Å²) in [7, 11) is 0. The Hall–Kier alpha value is -1.38. The number of hydrogen-bond acceptors (Lipinski definition) is 0. The normalized spacial score (nSPS) is 9.30. The molecule has 0 aromatic heterocycles. The van der Waals surface area contributed by atoms with Crippen molar-refractivity contribution in [2.24, 2.45) is 5.73 Å². The molecule has 4 N–H and O–H groups in total. The zero-order valence-corrected chi connectivity index (χ0v) is 5.34. The number of benzene rings is 1. The molecule has 0 amide bonds. The van der Waals surface area contributed by atoms with E-state index < -0.39 is 0 Å². The largest absolute Gasteiger partial charge is 0.287 e. The molecule has 3 heteroatoms. The van der Waals surface area contributed by atoms with E-state index in [1.54, 1.807) is 12.1 Å². The molecule has 0 radical (unpaired) electrons. The van der Waals surface area contributed by atoms with Crippen LogP contribution in [0, 0.1) is 5.82 Å². The highest BCUT2D eigenvalue weighted by Crippen LogP contribution is 2.02. The molecule has 0 aliphatic carbocycles. The van der Waals surface area contributed by atoms with Gasteiger partial charge in [-0.3, -0.25) is 11.1 Å². The summed E-state index contributed by atoms with van der Waals surface area (Å²) in [4.78, 5) is 0. The van der Waals surface area contributed by atoms with Crippen LogP contribution in [0.5, 0.6) is 0 Å². The summed E-state index contributed by atoms with van der Waals surface area (Å²) < 4.78 is 12.7. The minimum absolute atomic E-state index is 0.0121. The molecule has 0 aliphatic rings. The topological polar surface area (TPSA) is 51.6 Å². The van der Waals surface area contributed by atoms with E-state index in [9.17, 15) is 4.39 Å². The quantitative estimate of drug-likeness (QED) is 0.392. The van der Waals surface area contributed by atoms with Crippen molar-refractivity contribution in [1.82, 2.24) is 0 Å². The summed E-state index contributed by atoms with van der Waals surface area (Å²) in [5, 5.41) is 5.17. The summed E-state index contributed by atoms with van der Waals surface area (Å²) in [5.74, 6) is -0.374. The Bertz CT molecular complexity index is 258. The minimum atomic E-state index is -0.387. The van der Waals surface area contributed by atoms with Gasteiger partial charge in [-0.25, -0.2) is 4.39 Å². The average molecular weight is 139 g/mol. The summed E-state index contributed by atoms with van der Waals surface area (Å²) >= 11 is 0. The van der Waals surface area contributed by atoms with E-state index in [0.717, 1.165) is 0 Å². The molecular weight excluding hydrogens is 131 g/mol. The third-order valence-corrected chi connectivity index (χ3v) is 1.18. The van der Waals surface area contributed by atoms with E-state index in [0.29, 0.717) is 0 Å². The highest BCUT2D eigenvalue weighted by molar-refractivity contribution is 5.92. The number of amidine groups is 1. The van der Waals surface area contributed by atoms with E-state index >= 15 is 0 Å². The first-order chi connectivity index (χ1) is 4.72. The van der Waals surface area contributed by atoms with E-state index in [1.165, 1.54) is 12.1 Å². The monoisotopic (exact) mass is 139 g/mol. The molecule has 1 aromatic carbocycles. The van der Waals surface area contributed by atoms with Crippen LogP contribution in [-0.4, -0.2) is 5.84 Å². The number of nitrogens with two attached hydrogens (primary N) is 2. The van der Waals surface area contributed by atoms with Crippen molar-refractivity contribution in [3.8, 4) is 0 Å². The molecule has 1 aromatic rings. The molecular formula is C7H8FN2+. The molecule has 0 saturated carbocycles. The predicted octanol–water partition coefficient (Wildman–Crippen LogP) is -0.710. The summed E-state index contributed by atoms with van der Waals surface area (Å²) in [6, 6.07) is 6.11. The standard InChI is InChI=1S/C7H7FN2/c8-6-4-2-1-3-5(6)7(9)10/h1-4H,(H3,9,10)/p+1. The Morgan fingerprint density at radius 1 is 1.40 bits per heavy atom. The minimum Gasteiger partial charge on any atom is -0.287 e. The van der Waals surface area contributed by atoms with E-state index in [1.807, 2.05) is 0 Å². The Balaban J connectivity index is 3.15. The van der Waals surface area contributed by atoms with E-state index in [2.05, 4.69) is 0 Å². The highest BCUT2D eigenvalue weighted by atomic mass is 19.1. The van der Waals surface area contributed by atoms with Crippen molar-refractivity contribution in [2.45, 2.75) is 0 Å². The van der Waals surface area contributed by atoms with Gasteiger partial charge in [0.1, 0.15) is 5.82 Å². The van der Waals surface area contributed by atoms with E-state index in [-0.39, 0.29) is 17.2 Å². The van der Waals surface area contributed by atoms with Crippen LogP contribution in [-0.2, 0) is 0 Å². The number of halogens is 1. The van der Waals surface area contributed by atoms with Gasteiger partial charge in [-0.1, -0.05) is 12.1 Å². The lowest BCUT2D eigenvalue weighted by Gasteiger charge is -1.92. The lowest BCUT2D eigenvalue weighted by Crippen LogP contribution is -2.46. The van der Waals surface area contributed by atoms with Crippen LogP contribution in [0.25, 0.3) is 0 Å². The van der Waals surface area contributed by atoms with Crippen LogP contribution in [0.15, 0.2) is 24.3 Å². The van der Waals surface area contributed by atoms with Gasteiger partial charge >= 0.3 is 0 Å². The molecule has 1 rings (SSSR count). The van der Waals surface area contributed by atoms with Gasteiger partial charge in [0.2, 0.25) is 0 Å². The first-order valence-corrected chi connectivity index (χ1v) is 2.84. The van der Waals surface area contributed by atoms with Crippen molar-refractivity contribution < 1.29 is 9.80 Å². The Kier molecular flexibility index (Phi) is 1.67. The van der Waals surface area contributed by atoms with Crippen LogP contribution in [0.2, 0.25) is 0 Å². The zero-order chi connectivity index (χ0) is 7.56. The highest BCUT2D eigenvalue weighted by Gasteiger charge is 2.05. The Labute approximate surface area is 58.0 Å². The van der Waals surface area contributed by atoms with E-state index in [4.69, 9.17) is 11.1 Å². The molecule has 0 atom stereocenters. The number of rotatable bonds is 1. The maximum atomic E-state index is 12.7. The Morgan fingerprint density at radius 2 is 2.00 bits per heavy atom. The zero-order valence-electron chi connectivity index (χ0n) is 5.34. The van der Waals surface area contributed by atoms with Gasteiger partial charge in [0.15, 0.2) is 0 Å². The van der Waals surface area contributed by atoms with Crippen molar-refractivity contribution in [3.63, 3.8) is 0 Å². The van der Waals surface area contributed by atoms with Gasteiger partial charge in [0, 0.05) is 0 Å². The fraction of sp³-hybridized carbons (Fsp3) is 0. The molecule has 10 heavy (non-hydrogen) atoms. The second-order valence-corrected chi connectivity index (χ2v) is 1.94. The van der Waals surface area contributed by atoms with Gasteiger partial charge in [-0.2, -0.15) is 0 Å². The molecule has 0 fully saturated rings. The molecule has 52 valence electrons. The molecule has 0 saturated heterocycles. The Morgan fingerprint density at radius 3 is 2.40 bits per heavy atom. The molecule has 0 aliphatic heterocycles. The second kappa shape index (κ2) is 2.47. The summed E-state index contributed by atoms with van der Waals surface area (Å²) in [6.07, 6.45) is 0. The van der Waals surface area contributed by atoms with Gasteiger partial charge < -0.3 is 0 Å². The van der Waals surface area contributed by atoms with Crippen LogP contribution in [0.1, 0.15) is 5.56 Å². The second-order valence-electron chi connectivity index (χ2n) is 1.94. The smallest absolute Gasteiger partial charge is 0.273 e. The lowest BCUT2D eigenvalue weighted by molar-refractivity contribution is -0.114. The SMILES string of the molecule is NC(=[NH2+])c1ccccc1F. The third-order valence-electron chi connectivity index (χ3n) is 1.18. The van der Waals surface area contributed by atoms with Crippen molar-refractivity contribution >= 4 is 5.84 Å². The van der Waals surface area contributed by atoms with Crippen LogP contribution < -0.4 is 11.1 Å². The first-order valence-electron chi connectivity index (χ1n) is 2.84. The van der Waals surface area contributed by atoms with Crippen molar-refractivity contribution in [1.29, 1.82) is 0 Å². The fourth-order valence-corrected chi connectivity index (χ4v) is 0.695. The third kappa shape index (κ3) is 1.13. The molecule has 0 heterocycles. The summed E-state index contributed by atoms with van der Waals surface area (Å²) in [5.41, 5.74) is 5.44. The van der Waals surface area contributed by atoms with Crippen LogP contribution in [0.4, 0.5) is 4.39 Å². The van der Waals surface area contributed by atoms with Gasteiger partial charge in [-0.05, 0) is 12.1 Å². The maximum absolute atomic E-state index is 12.7. The molecule has 0 unspecified atom stereocenters. The molecule has 2 nitrogen and oxygen atoms in total. The van der Waals surface area contributed by atoms with Crippen LogP contribution in [0.3, 0.4) is 0 Å². The number of hydrogen-bond donors (Lipinski definition) is 2. The van der Waals surface area contributed by atoms with Gasteiger partial charge in [0.05, 0.1) is 5.56 Å². The summed E-state index contributed by atoms with van der Waals surface area (Å²) in [6.45, 7) is 0. The van der Waals surface area contributed by atoms with Crippen LogP contribution >= 0.6 is 0 Å². The maximum Gasteiger partial charge on any atom is 0.273 e. The molecule has 0 spiro atoms.